The van der Waals surface area contributed by atoms with Gasteiger partial charge in [0.2, 0.25) is 5.91 Å². The van der Waals surface area contributed by atoms with Crippen molar-refractivity contribution in [2.75, 3.05) is 11.9 Å². The number of rotatable bonds is 5. The van der Waals surface area contributed by atoms with Crippen LogP contribution < -0.4 is 10.6 Å². The van der Waals surface area contributed by atoms with E-state index in [2.05, 4.69) is 31.4 Å². The van der Waals surface area contributed by atoms with Crippen molar-refractivity contribution in [2.24, 2.45) is 5.41 Å². The third-order valence-corrected chi connectivity index (χ3v) is 3.04. The second-order valence-electron chi connectivity index (χ2n) is 6.34. The number of anilines is 1. The van der Waals surface area contributed by atoms with Crippen molar-refractivity contribution in [3.05, 3.63) is 29.8 Å². The van der Waals surface area contributed by atoms with Crippen molar-refractivity contribution in [3.8, 4) is 0 Å². The Balaban J connectivity index is 2.38. The van der Waals surface area contributed by atoms with Crippen LogP contribution in [-0.4, -0.2) is 18.5 Å². The number of hydrogen-bond acceptors (Lipinski definition) is 2. The van der Waals surface area contributed by atoms with Crippen molar-refractivity contribution in [1.29, 1.82) is 0 Å². The third kappa shape index (κ3) is 6.39. The zero-order valence-corrected chi connectivity index (χ0v) is 12.7. The van der Waals surface area contributed by atoms with E-state index in [4.69, 9.17) is 0 Å². The zero-order chi connectivity index (χ0) is 14.5. The van der Waals surface area contributed by atoms with Gasteiger partial charge in [0.25, 0.3) is 0 Å². The summed E-state index contributed by atoms with van der Waals surface area (Å²) in [5, 5.41) is 6.17. The van der Waals surface area contributed by atoms with Crippen LogP contribution in [0.25, 0.3) is 0 Å². The molecule has 0 radical (unpaired) electrons. The minimum absolute atomic E-state index is 0.0118. The van der Waals surface area contributed by atoms with Crippen LogP contribution in [0.4, 0.5) is 5.69 Å². The highest BCUT2D eigenvalue weighted by Crippen LogP contribution is 2.17. The second-order valence-corrected chi connectivity index (χ2v) is 6.34. The van der Waals surface area contributed by atoms with Gasteiger partial charge in [-0.15, -0.1) is 0 Å². The summed E-state index contributed by atoms with van der Waals surface area (Å²) < 4.78 is 0. The lowest BCUT2D eigenvalue weighted by Crippen LogP contribution is -2.39. The molecule has 19 heavy (non-hydrogen) atoms. The average Bonchev–Trinajstić information content (AvgIpc) is 2.30. The molecule has 106 valence electrons. The molecule has 0 bridgehead atoms. The van der Waals surface area contributed by atoms with E-state index in [9.17, 15) is 4.79 Å². The summed E-state index contributed by atoms with van der Waals surface area (Å²) in [5.74, 6) is 0.0118. The van der Waals surface area contributed by atoms with Crippen molar-refractivity contribution >= 4 is 11.6 Å². The Morgan fingerprint density at radius 1 is 1.21 bits per heavy atom. The highest BCUT2D eigenvalue weighted by atomic mass is 16.2. The Morgan fingerprint density at radius 2 is 1.79 bits per heavy atom. The lowest BCUT2D eigenvalue weighted by molar-refractivity contribution is -0.117. The maximum Gasteiger partial charge on any atom is 0.241 e. The molecule has 0 aliphatic carbocycles. The van der Waals surface area contributed by atoms with Crippen LogP contribution in [-0.2, 0) is 4.79 Å². The van der Waals surface area contributed by atoms with E-state index in [1.807, 2.05) is 38.1 Å². The van der Waals surface area contributed by atoms with Crippen LogP contribution in [0.1, 0.15) is 39.7 Å². The van der Waals surface area contributed by atoms with Crippen LogP contribution in [0.2, 0.25) is 0 Å². The number of nitrogens with one attached hydrogen (secondary N) is 2. The van der Waals surface area contributed by atoms with Gasteiger partial charge in [0.05, 0.1) is 6.04 Å². The molecule has 2 N–H and O–H groups in total. The summed E-state index contributed by atoms with van der Waals surface area (Å²) in [6.07, 6.45) is 1.05. The van der Waals surface area contributed by atoms with Gasteiger partial charge in [0, 0.05) is 5.69 Å². The monoisotopic (exact) mass is 262 g/mol. The highest BCUT2D eigenvalue weighted by Gasteiger charge is 2.14. The van der Waals surface area contributed by atoms with Gasteiger partial charge < -0.3 is 10.6 Å². The predicted molar refractivity (Wildman–Crippen MR) is 81.3 cm³/mol. The van der Waals surface area contributed by atoms with Gasteiger partial charge >= 0.3 is 0 Å². The predicted octanol–water partition coefficient (Wildman–Crippen LogP) is 3.35. The van der Waals surface area contributed by atoms with Crippen LogP contribution >= 0.6 is 0 Å². The highest BCUT2D eigenvalue weighted by molar-refractivity contribution is 5.94. The molecule has 3 heteroatoms. The van der Waals surface area contributed by atoms with E-state index in [0.29, 0.717) is 5.41 Å². The maximum absolute atomic E-state index is 12.0. The Morgan fingerprint density at radius 3 is 2.32 bits per heavy atom. The SMILES string of the molecule is Cc1ccc(NC(=O)C(C)NCCC(C)(C)C)cc1. The number of hydrogen-bond donors (Lipinski definition) is 2. The fourth-order valence-electron chi connectivity index (χ4n) is 1.64. The van der Waals surface area contributed by atoms with Crippen LogP contribution in [0.5, 0.6) is 0 Å². The number of aryl methyl sites for hydroxylation is 1. The molecular formula is C16H26N2O. The molecule has 0 spiro atoms. The third-order valence-electron chi connectivity index (χ3n) is 3.04. The summed E-state index contributed by atoms with van der Waals surface area (Å²) in [4.78, 5) is 12.0. The number of carbonyl (C=O) groups excluding carboxylic acids is 1. The van der Waals surface area contributed by atoms with Crippen LogP contribution in [0, 0.1) is 12.3 Å². The molecule has 1 rings (SSSR count). The molecule has 0 fully saturated rings. The molecule has 0 aliphatic heterocycles. The van der Waals surface area contributed by atoms with Gasteiger partial charge in [-0.2, -0.15) is 0 Å². The molecule has 0 saturated carbocycles. The minimum atomic E-state index is -0.177. The largest absolute Gasteiger partial charge is 0.325 e. The first-order valence-corrected chi connectivity index (χ1v) is 6.89. The van der Waals surface area contributed by atoms with Crippen molar-refractivity contribution in [2.45, 2.75) is 47.1 Å². The van der Waals surface area contributed by atoms with Gasteiger partial charge in [0.15, 0.2) is 0 Å². The van der Waals surface area contributed by atoms with Crippen molar-refractivity contribution in [3.63, 3.8) is 0 Å². The molecule has 3 nitrogen and oxygen atoms in total. The minimum Gasteiger partial charge on any atom is -0.325 e. The summed E-state index contributed by atoms with van der Waals surface area (Å²) in [6, 6.07) is 7.66. The fourth-order valence-corrected chi connectivity index (χ4v) is 1.64. The molecule has 1 atom stereocenters. The summed E-state index contributed by atoms with van der Waals surface area (Å²) >= 11 is 0. The van der Waals surface area contributed by atoms with Gasteiger partial charge in [-0.05, 0) is 44.4 Å². The Kier molecular flexibility index (Phi) is 5.55. The molecule has 0 aromatic heterocycles. The molecule has 1 unspecified atom stereocenters. The Hall–Kier alpha value is -1.35. The number of benzene rings is 1. The lowest BCUT2D eigenvalue weighted by atomic mass is 9.92. The van der Waals surface area contributed by atoms with E-state index in [1.165, 1.54) is 5.56 Å². The molecule has 1 aromatic rings. The summed E-state index contributed by atoms with van der Waals surface area (Å²) in [7, 11) is 0. The standard InChI is InChI=1S/C16H26N2O/c1-12-6-8-14(9-7-12)18-15(19)13(2)17-11-10-16(3,4)5/h6-9,13,17H,10-11H2,1-5H3,(H,18,19). The van der Waals surface area contributed by atoms with Gasteiger partial charge in [-0.25, -0.2) is 0 Å². The topological polar surface area (TPSA) is 41.1 Å². The first kappa shape index (κ1) is 15.7. The maximum atomic E-state index is 12.0. The quantitative estimate of drug-likeness (QED) is 0.854. The van der Waals surface area contributed by atoms with Crippen LogP contribution in [0.15, 0.2) is 24.3 Å². The van der Waals surface area contributed by atoms with Crippen molar-refractivity contribution < 1.29 is 4.79 Å². The van der Waals surface area contributed by atoms with E-state index >= 15 is 0 Å². The molecule has 0 aliphatic rings. The average molecular weight is 262 g/mol. The fraction of sp³-hybridized carbons (Fsp3) is 0.562. The van der Waals surface area contributed by atoms with E-state index in [1.54, 1.807) is 0 Å². The second kappa shape index (κ2) is 6.71. The van der Waals surface area contributed by atoms with E-state index < -0.39 is 0 Å². The first-order chi connectivity index (χ1) is 8.78. The van der Waals surface area contributed by atoms with Gasteiger partial charge in [-0.1, -0.05) is 38.5 Å². The lowest BCUT2D eigenvalue weighted by Gasteiger charge is -2.20. The van der Waals surface area contributed by atoms with E-state index in [-0.39, 0.29) is 11.9 Å². The number of carbonyl (C=O) groups is 1. The van der Waals surface area contributed by atoms with Gasteiger partial charge in [0.1, 0.15) is 0 Å². The summed E-state index contributed by atoms with van der Waals surface area (Å²) in [5.41, 5.74) is 2.33. The zero-order valence-electron chi connectivity index (χ0n) is 12.7. The molecule has 1 amide bonds. The van der Waals surface area contributed by atoms with Gasteiger partial charge in [-0.3, -0.25) is 4.79 Å². The smallest absolute Gasteiger partial charge is 0.241 e. The van der Waals surface area contributed by atoms with Crippen LogP contribution in [0.3, 0.4) is 0 Å². The van der Waals surface area contributed by atoms with Crippen molar-refractivity contribution in [1.82, 2.24) is 5.32 Å². The molecule has 1 aromatic carbocycles. The van der Waals surface area contributed by atoms with E-state index in [0.717, 1.165) is 18.7 Å². The normalized spacial score (nSPS) is 13.1. The molecule has 0 saturated heterocycles. The first-order valence-electron chi connectivity index (χ1n) is 6.89. The Labute approximate surface area is 116 Å². The molecular weight excluding hydrogens is 236 g/mol. The molecule has 0 heterocycles. The Bertz CT molecular complexity index is 404. The summed E-state index contributed by atoms with van der Waals surface area (Å²) in [6.45, 7) is 11.4. The number of amides is 1.